The van der Waals surface area contributed by atoms with Crippen molar-refractivity contribution in [3.8, 4) is 33.5 Å². The van der Waals surface area contributed by atoms with Crippen molar-refractivity contribution in [2.45, 2.75) is 74.7 Å². The number of allylic oxidation sites excluding steroid dienone is 14. The SMILES string of the molecule is C/C=C(N)/C1=C/C=C/C=C/c2c(n(/C(C)=C(C)/C=C\N)c3cc(-c4cc5c(cc4CCC)c4cc(-c6ccc(-c7ccccn7)cc6)ccc4n5C(=C/N)/C(C)=C\C)ccc23)\C=C/C=C\1.CCC. The molecule has 68 heavy (non-hydrogen) atoms. The van der Waals surface area contributed by atoms with Gasteiger partial charge in [-0.1, -0.05) is 143 Å². The van der Waals surface area contributed by atoms with Crippen LogP contribution in [0.1, 0.15) is 85.1 Å². The summed E-state index contributed by atoms with van der Waals surface area (Å²) in [6, 6.07) is 33.3. The van der Waals surface area contributed by atoms with Crippen LogP contribution >= 0.6 is 0 Å². The lowest BCUT2D eigenvalue weighted by Gasteiger charge is -2.16. The molecule has 0 atom stereocenters. The Kier molecular flexibility index (Phi) is 15.6. The first-order chi connectivity index (χ1) is 33.1. The summed E-state index contributed by atoms with van der Waals surface area (Å²) in [6.45, 7) is 16.9. The van der Waals surface area contributed by atoms with Crippen LogP contribution in [0.2, 0.25) is 0 Å². The Morgan fingerprint density at radius 3 is 2.03 bits per heavy atom. The predicted octanol–water partition coefficient (Wildman–Crippen LogP) is 15.9. The molecule has 8 rings (SSSR count). The number of nitrogens with zero attached hydrogens (tertiary/aromatic N) is 3. The van der Waals surface area contributed by atoms with E-state index < -0.39 is 0 Å². The number of hydrogen-bond acceptors (Lipinski definition) is 4. The third kappa shape index (κ3) is 9.82. The van der Waals surface area contributed by atoms with Crippen molar-refractivity contribution >= 4 is 56.3 Å². The van der Waals surface area contributed by atoms with E-state index in [9.17, 15) is 0 Å². The molecular formula is C62H66N6. The number of pyridine rings is 1. The summed E-state index contributed by atoms with van der Waals surface area (Å²) in [5.41, 5.74) is 38.3. The van der Waals surface area contributed by atoms with E-state index in [-0.39, 0.29) is 0 Å². The molecule has 6 heteroatoms. The predicted molar refractivity (Wildman–Crippen MR) is 297 cm³/mol. The summed E-state index contributed by atoms with van der Waals surface area (Å²) >= 11 is 0. The van der Waals surface area contributed by atoms with Crippen molar-refractivity contribution in [3.05, 3.63) is 210 Å². The minimum Gasteiger partial charge on any atom is -0.405 e. The maximum atomic E-state index is 6.54. The standard InChI is InChI=1S/C59H58N6.C3H8/c1-7-17-46-35-52-51-34-45(42-23-25-44(26-24-42)54-21-15-16-33-63-54)28-30-56(51)65(59(38-61)39(4)8-2)58(52)37-50(46)47-27-29-49-48-20-12-10-11-18-43(53(62)9-3)19-13-14-22-55(48)64(57(49)36-47)41(6)40(5)31-32-60;1-3-2/h8-16,18-38H,7,17,60-62H2,1-6H3;3H2,1-2H3/b11-10+,12-10?,14-13?,18-11?,19-13-,20-12+,22-14-,32-31-,39-8-,41-40+,43-18+,43-19?,48-20?,53-9-,55-22?,59-38+;. The molecule has 0 saturated carbocycles. The van der Waals surface area contributed by atoms with Gasteiger partial charge in [-0.3, -0.25) is 4.98 Å². The van der Waals surface area contributed by atoms with E-state index in [1.54, 1.807) is 12.4 Å². The topological polar surface area (TPSA) is 101 Å². The van der Waals surface area contributed by atoms with Crippen molar-refractivity contribution in [2.24, 2.45) is 17.2 Å². The van der Waals surface area contributed by atoms with Gasteiger partial charge in [-0.25, -0.2) is 0 Å². The Morgan fingerprint density at radius 2 is 1.34 bits per heavy atom. The highest BCUT2D eigenvalue weighted by Crippen LogP contribution is 2.42. The first-order valence-electron chi connectivity index (χ1n) is 23.9. The summed E-state index contributed by atoms with van der Waals surface area (Å²) in [5, 5.41) is 3.53. The number of fused-ring (bicyclic) bond motifs is 6. The molecule has 0 amide bonds. The molecular weight excluding hydrogens is 829 g/mol. The van der Waals surface area contributed by atoms with Crippen molar-refractivity contribution in [1.82, 2.24) is 14.1 Å². The van der Waals surface area contributed by atoms with Crippen LogP contribution in [0.5, 0.6) is 0 Å². The Morgan fingerprint density at radius 1 is 0.647 bits per heavy atom. The first kappa shape index (κ1) is 48.1. The van der Waals surface area contributed by atoms with Crippen LogP contribution in [-0.2, 0) is 6.42 Å². The monoisotopic (exact) mass is 895 g/mol. The van der Waals surface area contributed by atoms with Gasteiger partial charge in [0, 0.05) is 51.1 Å². The van der Waals surface area contributed by atoms with Crippen LogP contribution in [-0.4, -0.2) is 14.1 Å². The van der Waals surface area contributed by atoms with E-state index in [1.165, 1.54) is 28.3 Å². The fourth-order valence-electron chi connectivity index (χ4n) is 8.93. The quantitative estimate of drug-likeness (QED) is 0.119. The van der Waals surface area contributed by atoms with Gasteiger partial charge in [-0.2, -0.15) is 0 Å². The van der Waals surface area contributed by atoms with Crippen LogP contribution in [0, 0.1) is 0 Å². The second kappa shape index (κ2) is 22.1. The fourth-order valence-corrected chi connectivity index (χ4v) is 8.93. The zero-order valence-electron chi connectivity index (χ0n) is 41.0. The van der Waals surface area contributed by atoms with Gasteiger partial charge in [-0.15, -0.1) is 0 Å². The normalized spacial score (nSPS) is 16.6. The molecule has 3 aromatic heterocycles. The highest BCUT2D eigenvalue weighted by molar-refractivity contribution is 6.13. The van der Waals surface area contributed by atoms with Gasteiger partial charge in [0.05, 0.1) is 33.6 Å². The van der Waals surface area contributed by atoms with Crippen molar-refractivity contribution in [2.75, 3.05) is 0 Å². The second-order valence-corrected chi connectivity index (χ2v) is 17.2. The first-order valence-corrected chi connectivity index (χ1v) is 23.9. The summed E-state index contributed by atoms with van der Waals surface area (Å²) in [4.78, 5) is 4.56. The zero-order chi connectivity index (χ0) is 48.3. The summed E-state index contributed by atoms with van der Waals surface area (Å²) in [7, 11) is 0. The highest BCUT2D eigenvalue weighted by atomic mass is 15.0. The van der Waals surface area contributed by atoms with E-state index in [2.05, 4.69) is 178 Å². The fraction of sp³-hybridized carbons (Fsp3) is 0.177. The molecule has 0 unspecified atom stereocenters. The molecule has 0 spiro atoms. The third-order valence-corrected chi connectivity index (χ3v) is 12.6. The van der Waals surface area contributed by atoms with Gasteiger partial charge < -0.3 is 26.3 Å². The molecule has 344 valence electrons. The second-order valence-electron chi connectivity index (χ2n) is 17.2. The average molecular weight is 895 g/mol. The number of benzene rings is 4. The van der Waals surface area contributed by atoms with Crippen molar-refractivity contribution in [3.63, 3.8) is 0 Å². The molecule has 1 aliphatic rings. The average Bonchev–Trinajstić information content (AvgIpc) is 3.84. The number of aromatic nitrogens is 3. The maximum Gasteiger partial charge on any atom is 0.0701 e. The van der Waals surface area contributed by atoms with Gasteiger partial charge in [0.25, 0.3) is 0 Å². The van der Waals surface area contributed by atoms with Gasteiger partial charge in [0.15, 0.2) is 0 Å². The van der Waals surface area contributed by atoms with Crippen LogP contribution < -0.4 is 17.2 Å². The number of nitrogens with two attached hydrogens (primary N) is 3. The Balaban J connectivity index is 0.00000222. The van der Waals surface area contributed by atoms with Crippen LogP contribution in [0.4, 0.5) is 0 Å². The summed E-state index contributed by atoms with van der Waals surface area (Å²) in [6.07, 6.45) is 33.2. The number of hydrogen-bond donors (Lipinski definition) is 3. The van der Waals surface area contributed by atoms with E-state index in [0.717, 1.165) is 108 Å². The molecule has 1 aliphatic carbocycles. The molecule has 6 N–H and O–H groups in total. The lowest BCUT2D eigenvalue weighted by molar-refractivity contribution is 0.925. The van der Waals surface area contributed by atoms with Crippen LogP contribution in [0.15, 0.2) is 193 Å². The molecule has 6 nitrogen and oxygen atoms in total. The Hall–Kier alpha value is -7.83. The molecule has 0 radical (unpaired) electrons. The van der Waals surface area contributed by atoms with Crippen molar-refractivity contribution in [1.29, 1.82) is 0 Å². The summed E-state index contributed by atoms with van der Waals surface area (Å²) in [5.74, 6) is 0. The van der Waals surface area contributed by atoms with Crippen LogP contribution in [0.25, 0.3) is 89.8 Å². The Labute approximate surface area is 403 Å². The van der Waals surface area contributed by atoms with Gasteiger partial charge >= 0.3 is 0 Å². The third-order valence-electron chi connectivity index (χ3n) is 12.6. The highest BCUT2D eigenvalue weighted by Gasteiger charge is 2.21. The van der Waals surface area contributed by atoms with E-state index in [4.69, 9.17) is 17.2 Å². The van der Waals surface area contributed by atoms with Gasteiger partial charge in [0.2, 0.25) is 0 Å². The number of rotatable bonds is 10. The molecule has 0 fully saturated rings. The molecule has 4 aromatic carbocycles. The van der Waals surface area contributed by atoms with Crippen molar-refractivity contribution < 1.29 is 0 Å². The van der Waals surface area contributed by atoms with E-state index >= 15 is 0 Å². The maximum absolute atomic E-state index is 6.54. The smallest absolute Gasteiger partial charge is 0.0701 e. The molecule has 0 aliphatic heterocycles. The minimum absolute atomic E-state index is 0.728. The minimum atomic E-state index is 0.728. The molecule has 0 saturated heterocycles. The summed E-state index contributed by atoms with van der Waals surface area (Å²) < 4.78 is 4.71. The van der Waals surface area contributed by atoms with E-state index in [0.29, 0.717) is 0 Å². The lowest BCUT2D eigenvalue weighted by atomic mass is 9.93. The van der Waals surface area contributed by atoms with E-state index in [1.807, 2.05) is 61.7 Å². The lowest BCUT2D eigenvalue weighted by Crippen LogP contribution is -2.02. The van der Waals surface area contributed by atoms with Crippen LogP contribution in [0.3, 0.4) is 0 Å². The largest absolute Gasteiger partial charge is 0.405 e. The number of aryl methyl sites for hydroxylation is 1. The van der Waals surface area contributed by atoms with Gasteiger partial charge in [0.1, 0.15) is 0 Å². The zero-order valence-corrected chi connectivity index (χ0v) is 41.0. The molecule has 3 heterocycles. The molecule has 0 bridgehead atoms. The Bertz CT molecular complexity index is 3270. The molecule has 7 aromatic rings. The van der Waals surface area contributed by atoms with Gasteiger partial charge in [-0.05, 0) is 146 Å².